The van der Waals surface area contributed by atoms with Gasteiger partial charge in [0.05, 0.1) is 16.4 Å². The van der Waals surface area contributed by atoms with Crippen molar-refractivity contribution in [3.05, 3.63) is 51.8 Å². The summed E-state index contributed by atoms with van der Waals surface area (Å²) in [6.45, 7) is 5.92. The summed E-state index contributed by atoms with van der Waals surface area (Å²) in [5.74, 6) is 0.0391. The fourth-order valence-electron chi connectivity index (χ4n) is 1.80. The molecule has 0 fully saturated rings. The number of carbonyl (C=O) groups excluding carboxylic acids is 1. The van der Waals surface area contributed by atoms with Crippen LogP contribution in [0.3, 0.4) is 0 Å². The van der Waals surface area contributed by atoms with Gasteiger partial charge in [0.15, 0.2) is 5.78 Å². The van der Waals surface area contributed by atoms with Crippen LogP contribution < -0.4 is 0 Å². The van der Waals surface area contributed by atoms with Crippen molar-refractivity contribution in [2.45, 2.75) is 27.3 Å². The normalized spacial score (nSPS) is 10.7. The first kappa shape index (κ1) is 12.8. The first-order chi connectivity index (χ1) is 8.49. The lowest BCUT2D eigenvalue weighted by molar-refractivity contribution is 0.0967. The Hall–Kier alpha value is -1.61. The molecule has 94 valence electrons. The van der Waals surface area contributed by atoms with Crippen LogP contribution >= 0.6 is 11.6 Å². The third-order valence-corrected chi connectivity index (χ3v) is 3.51. The van der Waals surface area contributed by atoms with Gasteiger partial charge in [-0.25, -0.2) is 0 Å². The molecule has 0 aliphatic carbocycles. The molecule has 3 nitrogen and oxygen atoms in total. The van der Waals surface area contributed by atoms with Gasteiger partial charge >= 0.3 is 0 Å². The molecule has 2 aromatic rings. The molecular weight excluding hydrogens is 248 g/mol. The largest absolute Gasteiger partial charge is 0.292 e. The predicted octanol–water partition coefficient (Wildman–Crippen LogP) is 3.34. The molecule has 0 radical (unpaired) electrons. The van der Waals surface area contributed by atoms with Crippen LogP contribution in [0.25, 0.3) is 0 Å². The van der Waals surface area contributed by atoms with Crippen molar-refractivity contribution in [2.75, 3.05) is 0 Å². The van der Waals surface area contributed by atoms with E-state index in [1.807, 2.05) is 45.0 Å². The monoisotopic (exact) mass is 262 g/mol. The zero-order valence-corrected chi connectivity index (χ0v) is 11.5. The van der Waals surface area contributed by atoms with Gasteiger partial charge < -0.3 is 0 Å². The molecule has 0 atom stereocenters. The lowest BCUT2D eigenvalue weighted by Gasteiger charge is -2.04. The molecule has 1 heterocycles. The molecule has 0 aliphatic heterocycles. The Morgan fingerprint density at radius 3 is 2.33 bits per heavy atom. The third kappa shape index (κ3) is 2.46. The van der Waals surface area contributed by atoms with Gasteiger partial charge in [-0.05, 0) is 20.8 Å². The molecule has 0 saturated carbocycles. The van der Waals surface area contributed by atoms with E-state index in [4.69, 9.17) is 11.6 Å². The molecule has 2 rings (SSSR count). The number of benzene rings is 1. The van der Waals surface area contributed by atoms with E-state index >= 15 is 0 Å². The van der Waals surface area contributed by atoms with Crippen LogP contribution in [0.5, 0.6) is 0 Å². The second-order valence-corrected chi connectivity index (χ2v) is 4.81. The Labute approximate surface area is 111 Å². The van der Waals surface area contributed by atoms with E-state index in [2.05, 4.69) is 5.10 Å². The average molecular weight is 263 g/mol. The molecule has 4 heteroatoms. The number of carbonyl (C=O) groups is 1. The zero-order chi connectivity index (χ0) is 13.3. The van der Waals surface area contributed by atoms with E-state index in [1.165, 1.54) is 0 Å². The third-order valence-electron chi connectivity index (χ3n) is 2.96. The maximum absolute atomic E-state index is 12.1. The van der Waals surface area contributed by atoms with Gasteiger partial charge in [-0.1, -0.05) is 41.4 Å². The Kier molecular flexibility index (Phi) is 3.53. The van der Waals surface area contributed by atoms with E-state index in [0.29, 0.717) is 10.6 Å². The number of nitrogens with zero attached hydrogens (tertiary/aromatic N) is 2. The van der Waals surface area contributed by atoms with Crippen LogP contribution in [-0.2, 0) is 6.54 Å². The van der Waals surface area contributed by atoms with Crippen molar-refractivity contribution in [3.8, 4) is 0 Å². The summed E-state index contributed by atoms with van der Waals surface area (Å²) in [6, 6.07) is 7.54. The number of Topliss-reactive ketones (excluding diaryl/α,β-unsaturated/α-hetero) is 1. The minimum Gasteiger partial charge on any atom is -0.292 e. The minimum absolute atomic E-state index is 0.0391. The van der Waals surface area contributed by atoms with Gasteiger partial charge in [0, 0.05) is 5.56 Å². The number of ketones is 1. The summed E-state index contributed by atoms with van der Waals surface area (Å²) in [4.78, 5) is 12.1. The molecule has 0 spiro atoms. The quantitative estimate of drug-likeness (QED) is 0.795. The second-order valence-electron chi connectivity index (χ2n) is 4.43. The van der Waals surface area contributed by atoms with Gasteiger partial charge in [-0.3, -0.25) is 9.48 Å². The van der Waals surface area contributed by atoms with Crippen LogP contribution in [-0.4, -0.2) is 15.6 Å². The lowest BCUT2D eigenvalue weighted by atomic mass is 10.1. The number of hydrogen-bond donors (Lipinski definition) is 0. The smallest absolute Gasteiger partial charge is 0.184 e. The van der Waals surface area contributed by atoms with Gasteiger partial charge in [0.2, 0.25) is 0 Å². The van der Waals surface area contributed by atoms with E-state index < -0.39 is 0 Å². The summed E-state index contributed by atoms with van der Waals surface area (Å²) in [5, 5.41) is 4.89. The van der Waals surface area contributed by atoms with Crippen molar-refractivity contribution in [3.63, 3.8) is 0 Å². The molecule has 0 bridgehead atoms. The van der Waals surface area contributed by atoms with E-state index in [-0.39, 0.29) is 12.3 Å². The molecule has 0 N–H and O–H groups in total. The molecule has 18 heavy (non-hydrogen) atoms. The summed E-state index contributed by atoms with van der Waals surface area (Å²) < 4.78 is 1.65. The molecule has 0 unspecified atom stereocenters. The molecule has 1 aromatic heterocycles. The van der Waals surface area contributed by atoms with E-state index in [1.54, 1.807) is 4.68 Å². The van der Waals surface area contributed by atoms with Crippen molar-refractivity contribution in [1.29, 1.82) is 0 Å². The Morgan fingerprint density at radius 2 is 1.83 bits per heavy atom. The van der Waals surface area contributed by atoms with Gasteiger partial charge in [0.1, 0.15) is 6.54 Å². The maximum atomic E-state index is 12.1. The summed E-state index contributed by atoms with van der Waals surface area (Å²) >= 11 is 6.05. The number of aryl methyl sites for hydroxylation is 2. The van der Waals surface area contributed by atoms with Crippen LogP contribution in [0.1, 0.15) is 27.3 Å². The van der Waals surface area contributed by atoms with Crippen LogP contribution in [0.4, 0.5) is 0 Å². The summed E-state index contributed by atoms with van der Waals surface area (Å²) in [5.41, 5.74) is 3.42. The number of halogens is 1. The molecule has 0 saturated heterocycles. The summed E-state index contributed by atoms with van der Waals surface area (Å²) in [6.07, 6.45) is 0. The first-order valence-electron chi connectivity index (χ1n) is 5.78. The highest BCUT2D eigenvalue weighted by molar-refractivity contribution is 6.31. The summed E-state index contributed by atoms with van der Waals surface area (Å²) in [7, 11) is 0. The van der Waals surface area contributed by atoms with Crippen molar-refractivity contribution in [1.82, 2.24) is 9.78 Å². The number of hydrogen-bond acceptors (Lipinski definition) is 2. The van der Waals surface area contributed by atoms with Crippen LogP contribution in [0.2, 0.25) is 5.02 Å². The molecule has 0 aliphatic rings. The zero-order valence-electron chi connectivity index (χ0n) is 10.7. The SMILES string of the molecule is Cc1ccc(C(=O)Cn2nc(C)c(Cl)c2C)cc1. The highest BCUT2D eigenvalue weighted by Gasteiger charge is 2.13. The molecular formula is C14H15ClN2O. The van der Waals surface area contributed by atoms with Crippen LogP contribution in [0.15, 0.2) is 24.3 Å². The van der Waals surface area contributed by atoms with Crippen molar-refractivity contribution < 1.29 is 4.79 Å². The number of rotatable bonds is 3. The molecule has 0 amide bonds. The lowest BCUT2D eigenvalue weighted by Crippen LogP contribution is -2.13. The van der Waals surface area contributed by atoms with E-state index in [9.17, 15) is 4.79 Å². The van der Waals surface area contributed by atoms with Crippen molar-refractivity contribution in [2.24, 2.45) is 0 Å². The fraction of sp³-hybridized carbons (Fsp3) is 0.286. The van der Waals surface area contributed by atoms with Crippen LogP contribution in [0, 0.1) is 20.8 Å². The van der Waals surface area contributed by atoms with Gasteiger partial charge in [-0.15, -0.1) is 0 Å². The van der Waals surface area contributed by atoms with Crippen molar-refractivity contribution >= 4 is 17.4 Å². The standard InChI is InChI=1S/C14H15ClN2O/c1-9-4-6-12(7-5-9)13(18)8-17-11(3)14(15)10(2)16-17/h4-7H,8H2,1-3H3. The maximum Gasteiger partial charge on any atom is 0.184 e. The Bertz CT molecular complexity index is 585. The number of aromatic nitrogens is 2. The fourth-order valence-corrected chi connectivity index (χ4v) is 1.93. The second kappa shape index (κ2) is 4.94. The molecule has 1 aromatic carbocycles. The highest BCUT2D eigenvalue weighted by atomic mass is 35.5. The topological polar surface area (TPSA) is 34.9 Å². The Morgan fingerprint density at radius 1 is 1.22 bits per heavy atom. The average Bonchev–Trinajstić information content (AvgIpc) is 2.58. The highest BCUT2D eigenvalue weighted by Crippen LogP contribution is 2.19. The first-order valence-corrected chi connectivity index (χ1v) is 6.16. The predicted molar refractivity (Wildman–Crippen MR) is 72.2 cm³/mol. The Balaban J connectivity index is 2.21. The minimum atomic E-state index is 0.0391. The van der Waals surface area contributed by atoms with E-state index in [0.717, 1.165) is 17.0 Å². The van der Waals surface area contributed by atoms with Gasteiger partial charge in [0.25, 0.3) is 0 Å². The van der Waals surface area contributed by atoms with Gasteiger partial charge in [-0.2, -0.15) is 5.10 Å².